The average Bonchev–Trinajstić information content (AvgIpc) is 2.54. The standard InChI is InChI=1S/C6H8O7.3C3H6O3.3Na/c7-3(8)1-6(13,5(11)12)2-4(9)10;3*1-2(4)3(5)6;;;/h13H,1-2H2,(H,7,8)(H,9,10)(H,11,12);3*2,4H,1H3,(H,5,6);;;/q;;;;3*+1/p-3. The van der Waals surface area contributed by atoms with Crippen molar-refractivity contribution in [2.45, 2.75) is 57.5 Å². The van der Waals surface area contributed by atoms with Gasteiger partial charge in [0.1, 0.15) is 23.9 Å². The van der Waals surface area contributed by atoms with E-state index in [1.807, 2.05) is 0 Å². The maximum atomic E-state index is 10.1. The van der Waals surface area contributed by atoms with E-state index < -0.39 is 72.6 Å². The van der Waals surface area contributed by atoms with Crippen molar-refractivity contribution >= 4 is 35.8 Å². The molecular formula is C15H23Na3O16. The summed E-state index contributed by atoms with van der Waals surface area (Å²) in [5.74, 6) is -9.54. The molecule has 19 heteroatoms. The number of aliphatic hydroxyl groups excluding tert-OH is 3. The minimum Gasteiger partial charge on any atom is -0.550 e. The van der Waals surface area contributed by atoms with Crippen LogP contribution in [0.3, 0.4) is 0 Å². The fourth-order valence-electron chi connectivity index (χ4n) is 0.684. The largest absolute Gasteiger partial charge is 1.00 e. The summed E-state index contributed by atoms with van der Waals surface area (Å²) in [6, 6.07) is 0. The number of carbonyl (C=O) groups is 6. The van der Waals surface area contributed by atoms with Gasteiger partial charge in [-0.25, -0.2) is 14.4 Å². The third kappa shape index (κ3) is 38.9. The third-order valence-corrected chi connectivity index (χ3v) is 2.33. The van der Waals surface area contributed by atoms with E-state index in [1.54, 1.807) is 0 Å². The van der Waals surface area contributed by atoms with Gasteiger partial charge in [0.2, 0.25) is 0 Å². The summed E-state index contributed by atoms with van der Waals surface area (Å²) in [6.45, 7) is 3.59. The Kier molecular flexibility index (Phi) is 40.5. The number of carbonyl (C=O) groups excluding carboxylic acids is 3. The zero-order valence-corrected chi connectivity index (χ0v) is 25.5. The average molecular weight is 528 g/mol. The van der Waals surface area contributed by atoms with Crippen molar-refractivity contribution in [1.82, 2.24) is 0 Å². The van der Waals surface area contributed by atoms with Crippen LogP contribution in [0.5, 0.6) is 0 Å². The first-order valence-electron chi connectivity index (χ1n) is 7.77. The van der Waals surface area contributed by atoms with Crippen molar-refractivity contribution in [2.75, 3.05) is 0 Å². The van der Waals surface area contributed by atoms with Crippen LogP contribution in [0.25, 0.3) is 0 Å². The molecule has 0 aromatic rings. The van der Waals surface area contributed by atoms with Crippen molar-refractivity contribution in [3.8, 4) is 0 Å². The summed E-state index contributed by atoms with van der Waals surface area (Å²) < 4.78 is 0. The first-order chi connectivity index (χ1) is 13.7. The Hall–Kier alpha value is -0.340. The van der Waals surface area contributed by atoms with Crippen LogP contribution in [0.15, 0.2) is 0 Å². The molecule has 0 aliphatic heterocycles. The molecule has 0 rings (SSSR count). The second-order valence-corrected chi connectivity index (χ2v) is 5.46. The van der Waals surface area contributed by atoms with Crippen LogP contribution in [0.4, 0.5) is 0 Å². The van der Waals surface area contributed by atoms with Crippen LogP contribution >= 0.6 is 0 Å². The van der Waals surface area contributed by atoms with Crippen molar-refractivity contribution < 1.29 is 169 Å². The van der Waals surface area contributed by atoms with Gasteiger partial charge in [-0.1, -0.05) is 0 Å². The molecule has 7 N–H and O–H groups in total. The SMILES string of the molecule is CC(O)C(=O)O.CC(O)C(=O)O.CC(O)C(=O)O.O=C([O-])CC(O)(CC(=O)[O-])C(=O)[O-].[Na+].[Na+].[Na+]. The number of carboxylic acids is 6. The fourth-order valence-corrected chi connectivity index (χ4v) is 0.684. The van der Waals surface area contributed by atoms with E-state index in [0.717, 1.165) is 0 Å². The Bertz CT molecular complexity index is 562. The molecule has 0 saturated heterocycles. The third-order valence-electron chi connectivity index (χ3n) is 2.33. The van der Waals surface area contributed by atoms with Crippen LogP contribution in [0.1, 0.15) is 33.6 Å². The number of hydrogen-bond acceptors (Lipinski definition) is 13. The summed E-state index contributed by atoms with van der Waals surface area (Å²) in [5.41, 5.74) is -2.97. The molecule has 0 heterocycles. The molecule has 0 bridgehead atoms. The number of aliphatic carboxylic acids is 6. The molecule has 0 radical (unpaired) electrons. The molecule has 3 atom stereocenters. The fraction of sp³-hybridized carbons (Fsp3) is 0.600. The molecule has 3 unspecified atom stereocenters. The summed E-state index contributed by atoms with van der Waals surface area (Å²) >= 11 is 0. The molecule has 16 nitrogen and oxygen atoms in total. The van der Waals surface area contributed by atoms with Crippen molar-refractivity contribution in [3.05, 3.63) is 0 Å². The second kappa shape index (κ2) is 27.3. The maximum Gasteiger partial charge on any atom is 1.00 e. The maximum absolute atomic E-state index is 10.1. The van der Waals surface area contributed by atoms with Gasteiger partial charge in [-0.05, 0) is 20.8 Å². The summed E-state index contributed by atoms with van der Waals surface area (Å²) in [7, 11) is 0. The second-order valence-electron chi connectivity index (χ2n) is 5.46. The van der Waals surface area contributed by atoms with Gasteiger partial charge in [0.05, 0.1) is 5.97 Å². The number of carboxylic acid groups (broad SMARTS) is 6. The molecule has 34 heavy (non-hydrogen) atoms. The van der Waals surface area contributed by atoms with Crippen molar-refractivity contribution in [3.63, 3.8) is 0 Å². The predicted octanol–water partition coefficient (Wildman–Crippen LogP) is -15.9. The minimum atomic E-state index is -2.97. The van der Waals surface area contributed by atoms with Gasteiger partial charge in [0, 0.05) is 24.8 Å². The summed E-state index contributed by atoms with van der Waals surface area (Å²) in [5, 5.41) is 86.2. The van der Waals surface area contributed by atoms with E-state index in [2.05, 4.69) is 0 Å². The zero-order chi connectivity index (χ0) is 26.1. The van der Waals surface area contributed by atoms with Crippen molar-refractivity contribution in [1.29, 1.82) is 0 Å². The van der Waals surface area contributed by atoms with Gasteiger partial charge < -0.3 is 65.4 Å². The van der Waals surface area contributed by atoms with Gasteiger partial charge in [0.15, 0.2) is 0 Å². The summed E-state index contributed by atoms with van der Waals surface area (Å²) in [4.78, 5) is 58.3. The first kappa shape index (κ1) is 50.5. The zero-order valence-electron chi connectivity index (χ0n) is 19.5. The van der Waals surface area contributed by atoms with Crippen LogP contribution in [0.2, 0.25) is 0 Å². The van der Waals surface area contributed by atoms with E-state index >= 15 is 0 Å². The quantitative estimate of drug-likeness (QED) is 0.144. The predicted molar refractivity (Wildman–Crippen MR) is 87.2 cm³/mol. The van der Waals surface area contributed by atoms with Gasteiger partial charge >= 0.3 is 107 Å². The van der Waals surface area contributed by atoms with Crippen molar-refractivity contribution in [2.24, 2.45) is 0 Å². The smallest absolute Gasteiger partial charge is 0.550 e. The molecule has 0 amide bonds. The Labute approximate surface area is 259 Å². The molecule has 0 aromatic carbocycles. The van der Waals surface area contributed by atoms with Gasteiger partial charge in [-0.15, -0.1) is 0 Å². The molecule has 0 aliphatic carbocycles. The van der Waals surface area contributed by atoms with Gasteiger partial charge in [0.25, 0.3) is 0 Å². The van der Waals surface area contributed by atoms with E-state index in [1.165, 1.54) is 20.8 Å². The van der Waals surface area contributed by atoms with E-state index in [4.69, 9.17) is 35.7 Å². The Morgan fingerprint density at radius 1 is 0.618 bits per heavy atom. The number of rotatable bonds is 8. The normalized spacial score (nSPS) is 11.4. The molecule has 0 saturated carbocycles. The van der Waals surface area contributed by atoms with E-state index in [0.29, 0.717) is 0 Å². The van der Waals surface area contributed by atoms with Gasteiger partial charge in [-0.3, -0.25) is 0 Å². The molecule has 0 fully saturated rings. The Balaban J connectivity index is -0.0000000598. The molecular weight excluding hydrogens is 505 g/mol. The number of hydrogen-bond donors (Lipinski definition) is 7. The first-order valence-corrected chi connectivity index (χ1v) is 7.77. The van der Waals surface area contributed by atoms with E-state index in [-0.39, 0.29) is 88.7 Å². The summed E-state index contributed by atoms with van der Waals surface area (Å²) in [6.07, 6.45) is -6.41. The number of aliphatic hydroxyl groups is 4. The van der Waals surface area contributed by atoms with Gasteiger partial charge in [-0.2, -0.15) is 0 Å². The molecule has 0 aromatic heterocycles. The topological polar surface area (TPSA) is 313 Å². The Morgan fingerprint density at radius 3 is 0.824 bits per heavy atom. The van der Waals surface area contributed by atoms with Crippen LogP contribution in [0, 0.1) is 0 Å². The Morgan fingerprint density at radius 2 is 0.765 bits per heavy atom. The van der Waals surface area contributed by atoms with Crippen LogP contribution < -0.4 is 104 Å². The van der Waals surface area contributed by atoms with Crippen LogP contribution in [-0.2, 0) is 28.8 Å². The van der Waals surface area contributed by atoms with E-state index in [9.17, 15) is 44.1 Å². The molecule has 0 aliphatic rings. The monoisotopic (exact) mass is 528 g/mol. The van der Waals surface area contributed by atoms with Crippen LogP contribution in [-0.4, -0.2) is 95.5 Å². The minimum absolute atomic E-state index is 0. The molecule has 0 spiro atoms. The molecule has 182 valence electrons.